The van der Waals surface area contributed by atoms with Crippen LogP contribution in [0.4, 0.5) is 0 Å². The lowest BCUT2D eigenvalue weighted by Crippen LogP contribution is -2.15. The van der Waals surface area contributed by atoms with Gasteiger partial charge in [0.05, 0.1) is 0 Å². The van der Waals surface area contributed by atoms with Gasteiger partial charge in [0, 0.05) is 20.8 Å². The van der Waals surface area contributed by atoms with Crippen LogP contribution in [0.5, 0.6) is 0 Å². The first-order valence-corrected chi connectivity index (χ1v) is 14.9. The van der Waals surface area contributed by atoms with Gasteiger partial charge in [0.25, 0.3) is 0 Å². The van der Waals surface area contributed by atoms with Gasteiger partial charge in [-0.15, -0.1) is 0 Å². The van der Waals surface area contributed by atoms with Crippen molar-refractivity contribution in [2.75, 3.05) is 0 Å². The van der Waals surface area contributed by atoms with Crippen LogP contribution in [0.2, 0.25) is 0 Å². The molecule has 0 radical (unpaired) electrons. The summed E-state index contributed by atoms with van der Waals surface area (Å²) in [6.45, 7) is 14.0. The average molecular weight is 616 g/mol. The molecule has 0 saturated heterocycles. The van der Waals surface area contributed by atoms with E-state index < -0.39 is 0 Å². The summed E-state index contributed by atoms with van der Waals surface area (Å²) >= 11 is 7.54. The van der Waals surface area contributed by atoms with E-state index in [1.165, 1.54) is 44.5 Å². The highest BCUT2D eigenvalue weighted by molar-refractivity contribution is 9.11. The summed E-state index contributed by atoms with van der Waals surface area (Å²) < 4.78 is 2.16. The van der Waals surface area contributed by atoms with Crippen LogP contribution in [0, 0.1) is 11.3 Å². The Balaban J connectivity index is 1.89. The number of rotatable bonds is 4. The third kappa shape index (κ3) is 5.00. The first kappa shape index (κ1) is 26.4. The fraction of sp³-hybridized carbons (Fsp3) is 0.314. The molecular weight excluding hydrogens is 580 g/mol. The van der Waals surface area contributed by atoms with Crippen molar-refractivity contribution < 1.29 is 0 Å². The Labute approximate surface area is 239 Å². The Bertz CT molecular complexity index is 1410. The van der Waals surface area contributed by atoms with Gasteiger partial charge in [-0.2, -0.15) is 0 Å². The third-order valence-corrected chi connectivity index (χ3v) is 9.20. The molecule has 2 heteroatoms. The fourth-order valence-corrected chi connectivity index (χ4v) is 7.00. The largest absolute Gasteiger partial charge is 0.0758 e. The van der Waals surface area contributed by atoms with Gasteiger partial charge in [0.2, 0.25) is 0 Å². The van der Waals surface area contributed by atoms with Crippen LogP contribution in [0.3, 0.4) is 0 Å². The van der Waals surface area contributed by atoms with Crippen molar-refractivity contribution in [2.24, 2.45) is 11.3 Å². The van der Waals surface area contributed by atoms with Crippen molar-refractivity contribution >= 4 is 43.0 Å². The van der Waals surface area contributed by atoms with E-state index in [1.807, 2.05) is 0 Å². The maximum Gasteiger partial charge on any atom is 0.0192 e. The summed E-state index contributed by atoms with van der Waals surface area (Å²) in [4.78, 5) is 0. The molecule has 3 aromatic rings. The molecule has 5 rings (SSSR count). The molecule has 0 fully saturated rings. The second kappa shape index (κ2) is 9.86. The molecule has 2 aliphatic rings. The minimum atomic E-state index is 0.0996. The van der Waals surface area contributed by atoms with Gasteiger partial charge in [0.1, 0.15) is 0 Å². The molecule has 0 bridgehead atoms. The van der Waals surface area contributed by atoms with Gasteiger partial charge in [-0.25, -0.2) is 0 Å². The van der Waals surface area contributed by atoms with Crippen molar-refractivity contribution in [1.82, 2.24) is 0 Å². The highest BCUT2D eigenvalue weighted by Gasteiger charge is 2.39. The summed E-state index contributed by atoms with van der Waals surface area (Å²) in [5, 5.41) is 0. The summed E-state index contributed by atoms with van der Waals surface area (Å²) in [6.07, 6.45) is 8.49. The molecule has 0 aliphatic heterocycles. The Kier molecular flexibility index (Phi) is 7.05. The Hall–Kier alpha value is -2.16. The van der Waals surface area contributed by atoms with E-state index in [-0.39, 0.29) is 10.8 Å². The molecule has 37 heavy (non-hydrogen) atoms. The maximum atomic E-state index is 3.77. The topological polar surface area (TPSA) is 0 Å². The summed E-state index contributed by atoms with van der Waals surface area (Å²) in [6, 6.07) is 24.9. The number of allylic oxidation sites excluding steroid dienone is 5. The molecule has 0 heterocycles. The normalized spacial score (nSPS) is 20.4. The quantitative estimate of drug-likeness (QED) is 0.274. The van der Waals surface area contributed by atoms with Crippen molar-refractivity contribution in [1.29, 1.82) is 0 Å². The van der Waals surface area contributed by atoms with Gasteiger partial charge >= 0.3 is 0 Å². The number of halogens is 2. The van der Waals surface area contributed by atoms with Crippen molar-refractivity contribution in [3.8, 4) is 0 Å². The molecule has 2 unspecified atom stereocenters. The van der Waals surface area contributed by atoms with E-state index in [0.717, 1.165) is 15.4 Å². The molecule has 2 aliphatic carbocycles. The smallest absolute Gasteiger partial charge is 0.0192 e. The Morgan fingerprint density at radius 3 is 2.08 bits per heavy atom. The zero-order chi connectivity index (χ0) is 26.5. The summed E-state index contributed by atoms with van der Waals surface area (Å²) in [5.41, 5.74) is 11.2. The van der Waals surface area contributed by atoms with Gasteiger partial charge < -0.3 is 0 Å². The van der Waals surface area contributed by atoms with E-state index in [2.05, 4.69) is 158 Å². The average Bonchev–Trinajstić information content (AvgIpc) is 3.17. The number of benzene rings is 3. The molecule has 0 saturated carbocycles. The zero-order valence-electron chi connectivity index (χ0n) is 22.7. The number of hydrogen-bond acceptors (Lipinski definition) is 0. The van der Waals surface area contributed by atoms with Crippen LogP contribution < -0.4 is 0 Å². The second-order valence-electron chi connectivity index (χ2n) is 12.1. The van der Waals surface area contributed by atoms with Crippen LogP contribution in [-0.4, -0.2) is 0 Å². The van der Waals surface area contributed by atoms with E-state index in [9.17, 15) is 0 Å². The summed E-state index contributed by atoms with van der Waals surface area (Å²) in [5.74, 6) is 0.645. The molecule has 0 N–H and O–H groups in total. The molecule has 0 nitrogen and oxygen atoms in total. The van der Waals surface area contributed by atoms with E-state index in [0.29, 0.717) is 11.8 Å². The van der Waals surface area contributed by atoms with Crippen molar-refractivity contribution in [2.45, 2.75) is 59.3 Å². The standard InChI is InChI=1S/C35H36Br2/c1-7-35(5,6)25-14-16-29-28-15-13-24(34(2,3)4)19-30(28)33(31(29)20-25)32(22-11-9-8-10-12-22)23-17-26(36)21-27(37)18-23/h8-21,28,30H,7H2,1-6H3. The molecular formula is C35H36Br2. The fourth-order valence-electron chi connectivity index (χ4n) is 5.71. The summed E-state index contributed by atoms with van der Waals surface area (Å²) in [7, 11) is 0. The number of hydrogen-bond donors (Lipinski definition) is 0. The van der Waals surface area contributed by atoms with Crippen molar-refractivity contribution in [3.63, 3.8) is 0 Å². The Morgan fingerprint density at radius 2 is 1.46 bits per heavy atom. The molecule has 3 aromatic carbocycles. The van der Waals surface area contributed by atoms with Gasteiger partial charge in [-0.3, -0.25) is 0 Å². The van der Waals surface area contributed by atoms with Crippen LogP contribution in [-0.2, 0) is 5.41 Å². The third-order valence-electron chi connectivity index (χ3n) is 8.28. The lowest BCUT2D eigenvalue weighted by atomic mass is 9.75. The first-order chi connectivity index (χ1) is 17.5. The van der Waals surface area contributed by atoms with Crippen molar-refractivity contribution in [3.05, 3.63) is 127 Å². The van der Waals surface area contributed by atoms with E-state index >= 15 is 0 Å². The number of fused-ring (bicyclic) bond motifs is 3. The predicted molar refractivity (Wildman–Crippen MR) is 167 cm³/mol. The zero-order valence-corrected chi connectivity index (χ0v) is 25.9. The highest BCUT2D eigenvalue weighted by atomic mass is 79.9. The van der Waals surface area contributed by atoms with E-state index in [1.54, 1.807) is 0 Å². The van der Waals surface area contributed by atoms with Crippen LogP contribution in [0.25, 0.3) is 11.1 Å². The molecule has 2 atom stereocenters. The van der Waals surface area contributed by atoms with Crippen LogP contribution >= 0.6 is 31.9 Å². The van der Waals surface area contributed by atoms with Gasteiger partial charge in [-0.1, -0.05) is 140 Å². The Morgan fingerprint density at radius 1 is 0.784 bits per heavy atom. The first-order valence-electron chi connectivity index (χ1n) is 13.3. The van der Waals surface area contributed by atoms with E-state index in [4.69, 9.17) is 0 Å². The monoisotopic (exact) mass is 614 g/mol. The van der Waals surface area contributed by atoms with Gasteiger partial charge in [-0.05, 0) is 80.0 Å². The minimum Gasteiger partial charge on any atom is -0.0758 e. The maximum absolute atomic E-state index is 3.77. The SMILES string of the molecule is CCC(C)(C)c1ccc2c(c1)C(=C(c1ccccc1)c1cc(Br)cc(Br)c1)C1C=C(C(C)(C)C)C=CC21. The minimum absolute atomic E-state index is 0.0996. The van der Waals surface area contributed by atoms with Crippen LogP contribution in [0.1, 0.15) is 81.7 Å². The second-order valence-corrected chi connectivity index (χ2v) is 14.0. The molecule has 0 spiro atoms. The van der Waals surface area contributed by atoms with Crippen LogP contribution in [0.15, 0.2) is 99.5 Å². The van der Waals surface area contributed by atoms with Gasteiger partial charge in [0.15, 0.2) is 0 Å². The molecule has 190 valence electrons. The predicted octanol–water partition coefficient (Wildman–Crippen LogP) is 11.1. The lowest BCUT2D eigenvalue weighted by molar-refractivity contribution is 0.505. The lowest BCUT2D eigenvalue weighted by Gasteiger charge is -2.29. The molecule has 0 aromatic heterocycles. The highest BCUT2D eigenvalue weighted by Crippen LogP contribution is 2.55. The molecule has 0 amide bonds.